The number of hydrogen-bond acceptors (Lipinski definition) is 5. The minimum atomic E-state index is -4.86. The lowest BCUT2D eigenvalue weighted by molar-refractivity contribution is -0.388. The molecule has 10 nitrogen and oxygen atoms in total. The summed E-state index contributed by atoms with van der Waals surface area (Å²) in [5, 5.41) is 28.9. The Labute approximate surface area is 159 Å². The minimum Gasteiger partial charge on any atom is -0.370 e. The van der Waals surface area contributed by atoms with E-state index in [0.29, 0.717) is 6.07 Å². The number of carbonyl (C=O) groups excluding carboxylic acids is 1. The number of alkyl halides is 3. The Hall–Kier alpha value is -3.38. The minimum absolute atomic E-state index is 0.113. The smallest absolute Gasteiger partial charge is 0.370 e. The third-order valence-electron chi connectivity index (χ3n) is 2.99. The predicted molar refractivity (Wildman–Crippen MR) is 98.0 cm³/mol. The summed E-state index contributed by atoms with van der Waals surface area (Å²) >= 11 is 0. The SMILES string of the molecule is CC(C)C(=O)Nc1ccc([N+](=O)[O-])c(C(F)(F)F)c1.CN(C)C(=N)NC(=N)N. The first-order valence-corrected chi connectivity index (χ1v) is 7.70. The van der Waals surface area contributed by atoms with Gasteiger partial charge >= 0.3 is 6.18 Å². The first kappa shape index (κ1) is 24.6. The van der Waals surface area contributed by atoms with Gasteiger partial charge in [-0.1, -0.05) is 13.8 Å². The van der Waals surface area contributed by atoms with Gasteiger partial charge in [-0.2, -0.15) is 13.2 Å². The highest BCUT2D eigenvalue weighted by Crippen LogP contribution is 2.37. The van der Waals surface area contributed by atoms with Crippen LogP contribution >= 0.6 is 0 Å². The second-order valence-corrected chi connectivity index (χ2v) is 5.91. The molecule has 0 saturated carbocycles. The largest absolute Gasteiger partial charge is 0.423 e. The van der Waals surface area contributed by atoms with Crippen LogP contribution < -0.4 is 16.4 Å². The van der Waals surface area contributed by atoms with Crippen LogP contribution in [0.25, 0.3) is 0 Å². The maximum Gasteiger partial charge on any atom is 0.423 e. The number of halogens is 3. The Morgan fingerprint density at radius 1 is 1.29 bits per heavy atom. The molecule has 13 heteroatoms. The van der Waals surface area contributed by atoms with E-state index in [1.165, 1.54) is 4.90 Å². The van der Waals surface area contributed by atoms with Crippen LogP contribution in [0.3, 0.4) is 0 Å². The van der Waals surface area contributed by atoms with Crippen LogP contribution in [0.15, 0.2) is 18.2 Å². The van der Waals surface area contributed by atoms with Gasteiger partial charge in [0, 0.05) is 31.8 Å². The highest BCUT2D eigenvalue weighted by molar-refractivity contribution is 5.94. The van der Waals surface area contributed by atoms with Gasteiger partial charge < -0.3 is 16.0 Å². The number of nitro groups is 1. The summed E-state index contributed by atoms with van der Waals surface area (Å²) in [6, 6.07) is 2.34. The van der Waals surface area contributed by atoms with Crippen LogP contribution in [0.1, 0.15) is 19.4 Å². The molecule has 1 aromatic carbocycles. The predicted octanol–water partition coefficient (Wildman–Crippen LogP) is 2.17. The number of benzene rings is 1. The standard InChI is InChI=1S/C11H11F3N2O3.C4H11N5/c1-6(2)10(17)15-7-3-4-9(16(18)19)8(5-7)11(12,13)14;1-9(2)4(7)8-3(5)6/h3-6H,1-2H3,(H,15,17);1-2H3,(H5,5,6,7,8). The van der Waals surface area contributed by atoms with Crippen molar-refractivity contribution in [1.82, 2.24) is 10.2 Å². The molecular formula is C15H22F3N7O3. The summed E-state index contributed by atoms with van der Waals surface area (Å²) in [5.41, 5.74) is 2.37. The zero-order chi connectivity index (χ0) is 22.2. The van der Waals surface area contributed by atoms with Crippen molar-refractivity contribution >= 4 is 29.2 Å². The molecule has 0 aliphatic carbocycles. The molecule has 0 aliphatic rings. The van der Waals surface area contributed by atoms with Crippen molar-refractivity contribution in [3.63, 3.8) is 0 Å². The molecule has 0 aliphatic heterocycles. The first-order chi connectivity index (χ1) is 12.7. The summed E-state index contributed by atoms with van der Waals surface area (Å²) < 4.78 is 38.0. The molecule has 1 amide bonds. The molecule has 0 aromatic heterocycles. The van der Waals surface area contributed by atoms with Crippen molar-refractivity contribution in [2.45, 2.75) is 20.0 Å². The van der Waals surface area contributed by atoms with E-state index in [0.717, 1.165) is 12.1 Å². The van der Waals surface area contributed by atoms with E-state index < -0.39 is 34.2 Å². The fourth-order valence-corrected chi connectivity index (χ4v) is 1.53. The van der Waals surface area contributed by atoms with Gasteiger partial charge in [-0.3, -0.25) is 31.0 Å². The molecule has 0 atom stereocenters. The average Bonchev–Trinajstić information content (AvgIpc) is 2.53. The van der Waals surface area contributed by atoms with E-state index in [1.807, 2.05) is 0 Å². The highest BCUT2D eigenvalue weighted by atomic mass is 19.4. The maximum atomic E-state index is 12.7. The third kappa shape index (κ3) is 8.33. The first-order valence-electron chi connectivity index (χ1n) is 7.70. The Morgan fingerprint density at radius 3 is 2.14 bits per heavy atom. The fraction of sp³-hybridized carbons (Fsp3) is 0.400. The average molecular weight is 405 g/mol. The van der Waals surface area contributed by atoms with E-state index in [9.17, 15) is 28.1 Å². The summed E-state index contributed by atoms with van der Waals surface area (Å²) in [7, 11) is 3.39. The number of guanidine groups is 2. The summed E-state index contributed by atoms with van der Waals surface area (Å²) in [4.78, 5) is 22.3. The topological polar surface area (TPSA) is 161 Å². The lowest BCUT2D eigenvalue weighted by Crippen LogP contribution is -2.42. The number of amides is 1. The van der Waals surface area contributed by atoms with Crippen molar-refractivity contribution in [2.75, 3.05) is 19.4 Å². The lowest BCUT2D eigenvalue weighted by Gasteiger charge is -2.13. The van der Waals surface area contributed by atoms with Crippen molar-refractivity contribution in [3.8, 4) is 0 Å². The fourth-order valence-electron chi connectivity index (χ4n) is 1.53. The van der Waals surface area contributed by atoms with Gasteiger partial charge in [0.25, 0.3) is 5.69 Å². The molecular weight excluding hydrogens is 383 g/mol. The van der Waals surface area contributed by atoms with Crippen LogP contribution in [-0.4, -0.2) is 41.7 Å². The number of nitrogens with two attached hydrogens (primary N) is 1. The van der Waals surface area contributed by atoms with E-state index in [4.69, 9.17) is 16.6 Å². The van der Waals surface area contributed by atoms with E-state index in [1.54, 1.807) is 27.9 Å². The Balaban J connectivity index is 0.000000684. The van der Waals surface area contributed by atoms with E-state index in [2.05, 4.69) is 10.6 Å². The normalized spacial score (nSPS) is 10.4. The Kier molecular flexibility index (Phi) is 8.87. The molecule has 0 fully saturated rings. The van der Waals surface area contributed by atoms with E-state index in [-0.39, 0.29) is 17.6 Å². The van der Waals surface area contributed by atoms with Crippen LogP contribution in [0.4, 0.5) is 24.5 Å². The number of nitro benzene ring substituents is 1. The molecule has 1 aromatic rings. The van der Waals surface area contributed by atoms with Gasteiger partial charge in [-0.05, 0) is 12.1 Å². The van der Waals surface area contributed by atoms with Gasteiger partial charge in [-0.15, -0.1) is 0 Å². The van der Waals surface area contributed by atoms with Crippen LogP contribution in [-0.2, 0) is 11.0 Å². The number of anilines is 1. The van der Waals surface area contributed by atoms with Crippen molar-refractivity contribution in [3.05, 3.63) is 33.9 Å². The number of carbonyl (C=O) groups is 1. The van der Waals surface area contributed by atoms with Crippen LogP contribution in [0, 0.1) is 26.9 Å². The van der Waals surface area contributed by atoms with E-state index >= 15 is 0 Å². The monoisotopic (exact) mass is 405 g/mol. The quantitative estimate of drug-likeness (QED) is 0.224. The molecule has 0 unspecified atom stereocenters. The zero-order valence-corrected chi connectivity index (χ0v) is 15.6. The summed E-state index contributed by atoms with van der Waals surface area (Å²) in [6.07, 6.45) is -4.86. The van der Waals surface area contributed by atoms with Crippen molar-refractivity contribution in [1.29, 1.82) is 10.8 Å². The zero-order valence-electron chi connectivity index (χ0n) is 15.6. The number of nitrogens with zero attached hydrogens (tertiary/aromatic N) is 2. The molecule has 0 spiro atoms. The van der Waals surface area contributed by atoms with Crippen molar-refractivity contribution < 1.29 is 22.9 Å². The van der Waals surface area contributed by atoms with Gasteiger partial charge in [0.1, 0.15) is 5.56 Å². The molecule has 156 valence electrons. The molecule has 0 radical (unpaired) electrons. The highest BCUT2D eigenvalue weighted by Gasteiger charge is 2.38. The Bertz CT molecular complexity index is 749. The van der Waals surface area contributed by atoms with Crippen LogP contribution in [0.2, 0.25) is 0 Å². The maximum absolute atomic E-state index is 12.7. The summed E-state index contributed by atoms with van der Waals surface area (Å²) in [5.74, 6) is -0.984. The van der Waals surface area contributed by atoms with Gasteiger partial charge in [-0.25, -0.2) is 0 Å². The second-order valence-electron chi connectivity index (χ2n) is 5.91. The molecule has 0 heterocycles. The molecule has 0 saturated heterocycles. The summed E-state index contributed by atoms with van der Waals surface area (Å²) in [6.45, 7) is 3.15. The number of hydrogen-bond donors (Lipinski definition) is 5. The molecule has 6 N–H and O–H groups in total. The van der Waals surface area contributed by atoms with Gasteiger partial charge in [0.15, 0.2) is 11.9 Å². The molecule has 1 rings (SSSR count). The Morgan fingerprint density at radius 2 is 1.82 bits per heavy atom. The third-order valence-corrected chi connectivity index (χ3v) is 2.99. The number of rotatable bonds is 3. The van der Waals surface area contributed by atoms with Crippen molar-refractivity contribution in [2.24, 2.45) is 11.7 Å². The lowest BCUT2D eigenvalue weighted by atomic mass is 10.1. The van der Waals surface area contributed by atoms with Gasteiger partial charge in [0.2, 0.25) is 5.91 Å². The van der Waals surface area contributed by atoms with Crippen LogP contribution in [0.5, 0.6) is 0 Å². The molecule has 0 bridgehead atoms. The molecule has 28 heavy (non-hydrogen) atoms. The van der Waals surface area contributed by atoms with Gasteiger partial charge in [0.05, 0.1) is 4.92 Å². The second kappa shape index (κ2) is 10.1. The number of nitrogens with one attached hydrogen (secondary N) is 4.